The highest BCUT2D eigenvalue weighted by molar-refractivity contribution is 6.01. The van der Waals surface area contributed by atoms with Crippen LogP contribution in [-0.2, 0) is 9.59 Å². The summed E-state index contributed by atoms with van der Waals surface area (Å²) in [4.78, 5) is 30.7. The fourth-order valence-electron chi connectivity index (χ4n) is 3.62. The van der Waals surface area contributed by atoms with Gasteiger partial charge in [-0.2, -0.15) is 0 Å². The predicted molar refractivity (Wildman–Crippen MR) is 99.2 cm³/mol. The third kappa shape index (κ3) is 4.35. The van der Waals surface area contributed by atoms with Crippen LogP contribution in [0.4, 0.5) is 5.69 Å². The van der Waals surface area contributed by atoms with Crippen LogP contribution in [-0.4, -0.2) is 34.3 Å². The van der Waals surface area contributed by atoms with Gasteiger partial charge < -0.3 is 10.2 Å². The van der Waals surface area contributed by atoms with Crippen LogP contribution in [0.15, 0.2) is 36.5 Å². The Morgan fingerprint density at radius 3 is 2.56 bits per heavy atom. The van der Waals surface area contributed by atoms with Gasteiger partial charge in [0.1, 0.15) is 6.54 Å². The van der Waals surface area contributed by atoms with Crippen molar-refractivity contribution in [1.82, 2.24) is 9.88 Å². The van der Waals surface area contributed by atoms with Gasteiger partial charge in [0.2, 0.25) is 11.8 Å². The maximum absolute atomic E-state index is 12.6. The van der Waals surface area contributed by atoms with Crippen LogP contribution < -0.4 is 5.32 Å². The van der Waals surface area contributed by atoms with Gasteiger partial charge in [-0.05, 0) is 25.0 Å². The summed E-state index contributed by atoms with van der Waals surface area (Å²) in [6.07, 6.45) is 8.38. The lowest BCUT2D eigenvalue weighted by Crippen LogP contribution is -2.43. The third-order valence-corrected chi connectivity index (χ3v) is 4.89. The summed E-state index contributed by atoms with van der Waals surface area (Å²) in [6, 6.07) is 9.72. The fourth-order valence-corrected chi connectivity index (χ4v) is 3.62. The van der Waals surface area contributed by atoms with Crippen molar-refractivity contribution >= 4 is 28.4 Å². The smallest absolute Gasteiger partial charge is 0.244 e. The molecule has 25 heavy (non-hydrogen) atoms. The SMILES string of the molecule is CC(=O)N(CC(=O)Nc1cccc2cccnc12)C1CCCCCC1. The second-order valence-corrected chi connectivity index (χ2v) is 6.72. The van der Waals surface area contributed by atoms with E-state index in [9.17, 15) is 9.59 Å². The minimum Gasteiger partial charge on any atom is -0.331 e. The molecule has 1 aromatic heterocycles. The molecule has 1 aliphatic carbocycles. The largest absolute Gasteiger partial charge is 0.331 e. The number of pyridine rings is 1. The number of para-hydroxylation sites is 1. The second-order valence-electron chi connectivity index (χ2n) is 6.72. The maximum atomic E-state index is 12.6. The molecule has 1 heterocycles. The number of benzene rings is 1. The van der Waals surface area contributed by atoms with Crippen molar-refractivity contribution in [1.29, 1.82) is 0 Å². The molecule has 1 aromatic carbocycles. The Morgan fingerprint density at radius 2 is 1.84 bits per heavy atom. The van der Waals surface area contributed by atoms with E-state index in [0.29, 0.717) is 5.69 Å². The lowest BCUT2D eigenvalue weighted by atomic mass is 10.1. The first-order valence-corrected chi connectivity index (χ1v) is 9.06. The number of nitrogens with zero attached hydrogens (tertiary/aromatic N) is 2. The molecule has 1 fully saturated rings. The van der Waals surface area contributed by atoms with Crippen molar-refractivity contribution in [2.24, 2.45) is 0 Å². The first-order chi connectivity index (χ1) is 12.1. The average molecular weight is 339 g/mol. The molecule has 3 rings (SSSR count). The molecule has 5 heteroatoms. The van der Waals surface area contributed by atoms with Gasteiger partial charge in [-0.25, -0.2) is 0 Å². The summed E-state index contributed by atoms with van der Waals surface area (Å²) in [5.41, 5.74) is 1.45. The van der Waals surface area contributed by atoms with Gasteiger partial charge in [-0.3, -0.25) is 14.6 Å². The van der Waals surface area contributed by atoms with Crippen LogP contribution in [0.5, 0.6) is 0 Å². The Balaban J connectivity index is 1.72. The third-order valence-electron chi connectivity index (χ3n) is 4.89. The fraction of sp³-hybridized carbons (Fsp3) is 0.450. The first-order valence-electron chi connectivity index (χ1n) is 9.06. The van der Waals surface area contributed by atoms with Crippen LogP contribution in [0.3, 0.4) is 0 Å². The van der Waals surface area contributed by atoms with E-state index in [1.54, 1.807) is 18.0 Å². The van der Waals surface area contributed by atoms with Gasteiger partial charge in [-0.1, -0.05) is 43.9 Å². The van der Waals surface area contributed by atoms with Crippen molar-refractivity contribution in [3.8, 4) is 0 Å². The van der Waals surface area contributed by atoms with E-state index >= 15 is 0 Å². The van der Waals surface area contributed by atoms with Crippen molar-refractivity contribution in [2.45, 2.75) is 51.5 Å². The summed E-state index contributed by atoms with van der Waals surface area (Å²) in [7, 11) is 0. The number of nitrogens with one attached hydrogen (secondary N) is 1. The topological polar surface area (TPSA) is 62.3 Å². The Kier molecular flexibility index (Phi) is 5.64. The van der Waals surface area contributed by atoms with Crippen LogP contribution >= 0.6 is 0 Å². The number of fused-ring (bicyclic) bond motifs is 1. The minimum atomic E-state index is -0.169. The van der Waals surface area contributed by atoms with Gasteiger partial charge in [0.25, 0.3) is 0 Å². The number of anilines is 1. The van der Waals surface area contributed by atoms with Gasteiger partial charge in [0.05, 0.1) is 11.2 Å². The Bertz CT molecular complexity index is 746. The second kappa shape index (κ2) is 8.10. The molecule has 0 aliphatic heterocycles. The van der Waals surface area contributed by atoms with Gasteiger partial charge >= 0.3 is 0 Å². The Hall–Kier alpha value is -2.43. The van der Waals surface area contributed by atoms with E-state index in [0.717, 1.165) is 36.6 Å². The van der Waals surface area contributed by atoms with Crippen molar-refractivity contribution < 1.29 is 9.59 Å². The molecular formula is C20H25N3O2. The number of hydrogen-bond donors (Lipinski definition) is 1. The van der Waals surface area contributed by atoms with E-state index in [1.807, 2.05) is 30.3 Å². The number of amides is 2. The maximum Gasteiger partial charge on any atom is 0.244 e. The average Bonchev–Trinajstić information content (AvgIpc) is 2.89. The molecular weight excluding hydrogens is 314 g/mol. The van der Waals surface area contributed by atoms with Crippen LogP contribution in [0.1, 0.15) is 45.4 Å². The van der Waals surface area contributed by atoms with Crippen LogP contribution in [0.25, 0.3) is 10.9 Å². The molecule has 1 aliphatic rings. The molecule has 1 saturated carbocycles. The van der Waals surface area contributed by atoms with Crippen molar-refractivity contribution in [2.75, 3.05) is 11.9 Å². The number of carbonyl (C=O) groups is 2. The first kappa shape index (κ1) is 17.4. The van der Waals surface area contributed by atoms with E-state index < -0.39 is 0 Å². The molecule has 0 atom stereocenters. The molecule has 2 aromatic rings. The summed E-state index contributed by atoms with van der Waals surface area (Å²) < 4.78 is 0. The Morgan fingerprint density at radius 1 is 1.12 bits per heavy atom. The van der Waals surface area contributed by atoms with Crippen molar-refractivity contribution in [3.05, 3.63) is 36.5 Å². The zero-order valence-corrected chi connectivity index (χ0v) is 14.7. The van der Waals surface area contributed by atoms with E-state index in [4.69, 9.17) is 0 Å². The molecule has 0 saturated heterocycles. The highest BCUT2D eigenvalue weighted by Gasteiger charge is 2.24. The summed E-state index contributed by atoms with van der Waals surface area (Å²) in [5, 5.41) is 3.91. The summed E-state index contributed by atoms with van der Waals surface area (Å²) in [5.74, 6) is -0.198. The number of carbonyl (C=O) groups excluding carboxylic acids is 2. The summed E-state index contributed by atoms with van der Waals surface area (Å²) in [6.45, 7) is 1.65. The summed E-state index contributed by atoms with van der Waals surface area (Å²) >= 11 is 0. The quantitative estimate of drug-likeness (QED) is 0.863. The zero-order chi connectivity index (χ0) is 17.6. The molecule has 5 nitrogen and oxygen atoms in total. The van der Waals surface area contributed by atoms with Gasteiger partial charge in [0.15, 0.2) is 0 Å². The van der Waals surface area contributed by atoms with E-state index in [1.165, 1.54) is 12.8 Å². The van der Waals surface area contributed by atoms with Crippen LogP contribution in [0, 0.1) is 0 Å². The van der Waals surface area contributed by atoms with Gasteiger partial charge in [0, 0.05) is 24.5 Å². The van der Waals surface area contributed by atoms with Crippen LogP contribution in [0.2, 0.25) is 0 Å². The number of hydrogen-bond acceptors (Lipinski definition) is 3. The number of aromatic nitrogens is 1. The van der Waals surface area contributed by atoms with E-state index in [-0.39, 0.29) is 24.4 Å². The molecule has 0 bridgehead atoms. The standard InChI is InChI=1S/C20H25N3O2/c1-15(24)23(17-10-4-2-3-5-11-17)14-19(25)22-18-12-6-8-16-9-7-13-21-20(16)18/h6-9,12-13,17H,2-5,10-11,14H2,1H3,(H,22,25). The molecule has 132 valence electrons. The van der Waals surface area contributed by atoms with Crippen molar-refractivity contribution in [3.63, 3.8) is 0 Å². The number of rotatable bonds is 4. The van der Waals surface area contributed by atoms with E-state index in [2.05, 4.69) is 10.3 Å². The normalized spacial score (nSPS) is 15.6. The Labute approximate surface area is 148 Å². The molecule has 1 N–H and O–H groups in total. The molecule has 2 amide bonds. The zero-order valence-electron chi connectivity index (χ0n) is 14.7. The predicted octanol–water partition coefficient (Wildman–Crippen LogP) is 3.74. The molecule has 0 spiro atoms. The van der Waals surface area contributed by atoms with Gasteiger partial charge in [-0.15, -0.1) is 0 Å². The lowest BCUT2D eigenvalue weighted by molar-refractivity contribution is -0.135. The highest BCUT2D eigenvalue weighted by Crippen LogP contribution is 2.23. The highest BCUT2D eigenvalue weighted by atomic mass is 16.2. The molecule has 0 unspecified atom stereocenters. The minimum absolute atomic E-state index is 0.0295. The molecule has 0 radical (unpaired) electrons. The monoisotopic (exact) mass is 339 g/mol. The lowest BCUT2D eigenvalue weighted by Gasteiger charge is -2.29.